The van der Waals surface area contributed by atoms with E-state index < -0.39 is 0 Å². The highest BCUT2D eigenvalue weighted by Crippen LogP contribution is 2.17. The molecule has 2 saturated heterocycles. The Bertz CT molecular complexity index is 305. The van der Waals surface area contributed by atoms with Crippen LogP contribution in [0.1, 0.15) is 19.3 Å². The van der Waals surface area contributed by atoms with Gasteiger partial charge in [-0.1, -0.05) is 0 Å². The fourth-order valence-electron chi connectivity index (χ4n) is 2.17. The quantitative estimate of drug-likeness (QED) is 0.742. The molecule has 0 spiro atoms. The van der Waals surface area contributed by atoms with Crippen molar-refractivity contribution in [3.05, 3.63) is 0 Å². The zero-order valence-electron chi connectivity index (χ0n) is 9.98. The van der Waals surface area contributed by atoms with Crippen LogP contribution in [0.25, 0.3) is 0 Å². The second-order valence-corrected chi connectivity index (χ2v) is 5.35. The molecular formula is C11H18N2O3S. The first-order valence-electron chi connectivity index (χ1n) is 5.95. The monoisotopic (exact) mass is 258 g/mol. The highest BCUT2D eigenvalue weighted by Gasteiger charge is 2.39. The van der Waals surface area contributed by atoms with E-state index in [2.05, 4.69) is 5.32 Å². The summed E-state index contributed by atoms with van der Waals surface area (Å²) in [6.45, 7) is 1.14. The number of ether oxygens (including phenoxy) is 1. The molecule has 17 heavy (non-hydrogen) atoms. The third kappa shape index (κ3) is 2.93. The smallest absolute Gasteiger partial charge is 0.324 e. The predicted molar refractivity (Wildman–Crippen MR) is 66.0 cm³/mol. The molecule has 2 fully saturated rings. The highest BCUT2D eigenvalue weighted by atomic mass is 32.2. The fourth-order valence-corrected chi connectivity index (χ4v) is 2.64. The summed E-state index contributed by atoms with van der Waals surface area (Å²) in [6, 6.07) is -0.604. The number of imide groups is 1. The van der Waals surface area contributed by atoms with Crippen molar-refractivity contribution in [2.24, 2.45) is 0 Å². The summed E-state index contributed by atoms with van der Waals surface area (Å²) in [7, 11) is 0. The van der Waals surface area contributed by atoms with Gasteiger partial charge in [-0.2, -0.15) is 11.8 Å². The normalized spacial score (nSPS) is 28.9. The maximum absolute atomic E-state index is 12.0. The van der Waals surface area contributed by atoms with E-state index in [0.29, 0.717) is 13.0 Å². The number of rotatable bonds is 5. The number of carbonyl (C=O) groups excluding carboxylic acids is 2. The number of carbonyl (C=O) groups is 2. The molecule has 6 heteroatoms. The van der Waals surface area contributed by atoms with E-state index >= 15 is 0 Å². The van der Waals surface area contributed by atoms with Crippen molar-refractivity contribution >= 4 is 23.7 Å². The van der Waals surface area contributed by atoms with E-state index in [0.717, 1.165) is 25.2 Å². The van der Waals surface area contributed by atoms with Crippen molar-refractivity contribution in [3.8, 4) is 0 Å². The Balaban J connectivity index is 1.89. The molecule has 0 bridgehead atoms. The lowest BCUT2D eigenvalue weighted by atomic mass is 10.2. The van der Waals surface area contributed by atoms with Gasteiger partial charge in [-0.25, -0.2) is 4.79 Å². The topological polar surface area (TPSA) is 58.6 Å². The number of urea groups is 1. The van der Waals surface area contributed by atoms with Gasteiger partial charge in [0, 0.05) is 6.61 Å². The Morgan fingerprint density at radius 3 is 3.00 bits per heavy atom. The van der Waals surface area contributed by atoms with E-state index in [-0.39, 0.29) is 24.1 Å². The minimum absolute atomic E-state index is 0.0315. The molecule has 0 aliphatic carbocycles. The van der Waals surface area contributed by atoms with Gasteiger partial charge < -0.3 is 10.1 Å². The van der Waals surface area contributed by atoms with Crippen LogP contribution in [0, 0.1) is 0 Å². The lowest BCUT2D eigenvalue weighted by Gasteiger charge is -2.17. The van der Waals surface area contributed by atoms with E-state index in [1.54, 1.807) is 11.8 Å². The lowest BCUT2D eigenvalue weighted by Crippen LogP contribution is -2.37. The van der Waals surface area contributed by atoms with Crippen LogP contribution in [-0.4, -0.2) is 54.1 Å². The van der Waals surface area contributed by atoms with Crippen molar-refractivity contribution in [2.45, 2.75) is 31.4 Å². The van der Waals surface area contributed by atoms with Gasteiger partial charge in [-0.15, -0.1) is 0 Å². The molecule has 0 aromatic rings. The zero-order valence-corrected chi connectivity index (χ0v) is 10.8. The molecule has 2 atom stereocenters. The second kappa shape index (κ2) is 5.73. The van der Waals surface area contributed by atoms with Crippen molar-refractivity contribution in [1.82, 2.24) is 10.2 Å². The van der Waals surface area contributed by atoms with Crippen LogP contribution in [0.15, 0.2) is 0 Å². The van der Waals surface area contributed by atoms with Crippen molar-refractivity contribution in [2.75, 3.05) is 25.2 Å². The summed E-state index contributed by atoms with van der Waals surface area (Å²) in [5, 5.41) is 2.73. The fraction of sp³-hybridized carbons (Fsp3) is 0.818. The Morgan fingerprint density at radius 2 is 2.35 bits per heavy atom. The molecule has 0 aromatic carbocycles. The first-order valence-corrected chi connectivity index (χ1v) is 7.34. The average Bonchev–Trinajstić information content (AvgIpc) is 2.90. The van der Waals surface area contributed by atoms with Crippen molar-refractivity contribution in [3.63, 3.8) is 0 Å². The van der Waals surface area contributed by atoms with Gasteiger partial charge in [0.25, 0.3) is 5.91 Å². The van der Waals surface area contributed by atoms with Crippen LogP contribution in [0.4, 0.5) is 4.79 Å². The number of hydrogen-bond acceptors (Lipinski definition) is 4. The Labute approximate surface area is 105 Å². The molecule has 2 aliphatic rings. The summed E-state index contributed by atoms with van der Waals surface area (Å²) in [5.74, 6) is 0.782. The third-order valence-corrected chi connectivity index (χ3v) is 3.77. The van der Waals surface area contributed by atoms with Crippen LogP contribution in [0.5, 0.6) is 0 Å². The Hall–Kier alpha value is -0.750. The summed E-state index contributed by atoms with van der Waals surface area (Å²) in [5.41, 5.74) is 0. The Morgan fingerprint density at radius 1 is 1.53 bits per heavy atom. The molecule has 2 heterocycles. The molecule has 0 aromatic heterocycles. The molecule has 0 saturated carbocycles. The first kappa shape index (κ1) is 12.7. The molecule has 0 unspecified atom stereocenters. The number of nitrogens with one attached hydrogen (secondary N) is 1. The molecule has 1 N–H and O–H groups in total. The predicted octanol–water partition coefficient (Wildman–Crippen LogP) is 0.839. The van der Waals surface area contributed by atoms with Gasteiger partial charge >= 0.3 is 6.03 Å². The molecule has 3 amide bonds. The molecule has 5 nitrogen and oxygen atoms in total. The van der Waals surface area contributed by atoms with Crippen LogP contribution >= 0.6 is 11.8 Å². The number of hydrogen-bond donors (Lipinski definition) is 1. The Kier molecular flexibility index (Phi) is 4.28. The van der Waals surface area contributed by atoms with Crippen LogP contribution in [-0.2, 0) is 9.53 Å². The largest absolute Gasteiger partial charge is 0.376 e. The standard InChI is InChI=1S/C11H18N2O3S/c1-17-6-4-9-10(14)13(11(15)12-9)7-8-3-2-5-16-8/h8-9H,2-7H2,1H3,(H,12,15)/t8-,9+/m1/s1. The highest BCUT2D eigenvalue weighted by molar-refractivity contribution is 7.98. The maximum atomic E-state index is 12.0. The zero-order chi connectivity index (χ0) is 12.3. The van der Waals surface area contributed by atoms with Crippen LogP contribution in [0.3, 0.4) is 0 Å². The molecule has 0 radical (unpaired) electrons. The van der Waals surface area contributed by atoms with Gasteiger partial charge in [-0.3, -0.25) is 9.69 Å². The number of thioether (sulfide) groups is 1. The molecule has 2 aliphatic heterocycles. The molecule has 2 rings (SSSR count). The van der Waals surface area contributed by atoms with Gasteiger partial charge in [0.2, 0.25) is 0 Å². The van der Waals surface area contributed by atoms with Gasteiger partial charge in [0.1, 0.15) is 6.04 Å². The molecular weight excluding hydrogens is 240 g/mol. The van der Waals surface area contributed by atoms with Crippen LogP contribution in [0.2, 0.25) is 0 Å². The van der Waals surface area contributed by atoms with E-state index in [4.69, 9.17) is 4.74 Å². The summed E-state index contributed by atoms with van der Waals surface area (Å²) >= 11 is 1.68. The van der Waals surface area contributed by atoms with Gasteiger partial charge in [0.05, 0.1) is 12.6 Å². The van der Waals surface area contributed by atoms with E-state index in [1.165, 1.54) is 4.90 Å². The average molecular weight is 258 g/mol. The third-order valence-electron chi connectivity index (χ3n) is 3.13. The van der Waals surface area contributed by atoms with E-state index in [1.807, 2.05) is 6.26 Å². The summed E-state index contributed by atoms with van der Waals surface area (Å²) < 4.78 is 5.45. The summed E-state index contributed by atoms with van der Waals surface area (Å²) in [6.07, 6.45) is 4.68. The molecule has 96 valence electrons. The van der Waals surface area contributed by atoms with Gasteiger partial charge in [0.15, 0.2) is 0 Å². The SMILES string of the molecule is CSCC[C@@H]1NC(=O)N(C[C@H]2CCCO2)C1=O. The number of amides is 3. The minimum atomic E-state index is -0.337. The first-order chi connectivity index (χ1) is 8.22. The number of nitrogens with zero attached hydrogens (tertiary/aromatic N) is 1. The van der Waals surface area contributed by atoms with Crippen LogP contribution < -0.4 is 5.32 Å². The van der Waals surface area contributed by atoms with Crippen molar-refractivity contribution in [1.29, 1.82) is 0 Å². The minimum Gasteiger partial charge on any atom is -0.376 e. The summed E-state index contributed by atoms with van der Waals surface area (Å²) in [4.78, 5) is 25.0. The van der Waals surface area contributed by atoms with Gasteiger partial charge in [-0.05, 0) is 31.3 Å². The second-order valence-electron chi connectivity index (χ2n) is 4.37. The lowest BCUT2D eigenvalue weighted by molar-refractivity contribution is -0.128. The maximum Gasteiger partial charge on any atom is 0.324 e. The van der Waals surface area contributed by atoms with Crippen molar-refractivity contribution < 1.29 is 14.3 Å². The van der Waals surface area contributed by atoms with E-state index in [9.17, 15) is 9.59 Å².